The fourth-order valence-corrected chi connectivity index (χ4v) is 2.79. The first kappa shape index (κ1) is 17.6. The number of carboxylic acid groups (broad SMARTS) is 1. The van der Waals surface area contributed by atoms with Gasteiger partial charge in [0.15, 0.2) is 0 Å². The predicted molar refractivity (Wildman–Crippen MR) is 81.4 cm³/mol. The Bertz CT molecular complexity index is 380. The quantitative estimate of drug-likeness (QED) is 0.767. The highest BCUT2D eigenvalue weighted by Gasteiger charge is 2.26. The van der Waals surface area contributed by atoms with Crippen molar-refractivity contribution < 1.29 is 19.5 Å². The average molecular weight is 317 g/mol. The monoisotopic (exact) mass is 317 g/mol. The molecule has 1 aliphatic rings. The Morgan fingerprint density at radius 1 is 1.00 bits per heavy atom. The van der Waals surface area contributed by atoms with Crippen LogP contribution in [0.2, 0.25) is 0 Å². The van der Waals surface area contributed by atoms with Crippen LogP contribution in [-0.2, 0) is 9.59 Å². The van der Waals surface area contributed by atoms with Crippen LogP contribution in [0.4, 0.5) is 4.79 Å². The van der Waals surface area contributed by atoms with Crippen LogP contribution >= 0.6 is 11.8 Å². The second-order valence-corrected chi connectivity index (χ2v) is 5.69. The van der Waals surface area contributed by atoms with Gasteiger partial charge in [0.05, 0.1) is 11.5 Å². The molecular formula is C13H23N3O4S. The largest absolute Gasteiger partial charge is 0.481 e. The van der Waals surface area contributed by atoms with Gasteiger partial charge in [-0.3, -0.25) is 9.59 Å². The summed E-state index contributed by atoms with van der Waals surface area (Å²) in [5, 5.41) is 8.54. The fraction of sp³-hybridized carbons (Fsp3) is 0.769. The molecule has 1 saturated heterocycles. The first-order valence-corrected chi connectivity index (χ1v) is 8.26. The lowest BCUT2D eigenvalue weighted by molar-refractivity contribution is -0.133. The van der Waals surface area contributed by atoms with E-state index in [0.29, 0.717) is 39.3 Å². The van der Waals surface area contributed by atoms with Crippen LogP contribution in [0, 0.1) is 0 Å². The molecule has 0 saturated carbocycles. The van der Waals surface area contributed by atoms with Crippen molar-refractivity contribution in [2.75, 3.05) is 50.8 Å². The van der Waals surface area contributed by atoms with Gasteiger partial charge in [-0.05, 0) is 13.8 Å². The lowest BCUT2D eigenvalue weighted by Crippen LogP contribution is -2.54. The molecule has 0 atom stereocenters. The Labute approximate surface area is 129 Å². The smallest absolute Gasteiger partial charge is 0.320 e. The topological polar surface area (TPSA) is 81.2 Å². The Morgan fingerprint density at radius 2 is 1.52 bits per heavy atom. The van der Waals surface area contributed by atoms with Crippen LogP contribution < -0.4 is 0 Å². The lowest BCUT2D eigenvalue weighted by Gasteiger charge is -2.37. The van der Waals surface area contributed by atoms with Gasteiger partial charge in [-0.1, -0.05) is 0 Å². The van der Waals surface area contributed by atoms with Crippen molar-refractivity contribution in [2.24, 2.45) is 0 Å². The summed E-state index contributed by atoms with van der Waals surface area (Å²) in [7, 11) is 0. The zero-order chi connectivity index (χ0) is 15.8. The molecule has 0 aromatic carbocycles. The molecule has 21 heavy (non-hydrogen) atoms. The van der Waals surface area contributed by atoms with Gasteiger partial charge in [-0.15, -0.1) is 11.8 Å². The summed E-state index contributed by atoms with van der Waals surface area (Å²) in [5.41, 5.74) is 0. The second-order valence-electron chi connectivity index (χ2n) is 4.71. The highest BCUT2D eigenvalue weighted by Crippen LogP contribution is 2.09. The third-order valence-corrected chi connectivity index (χ3v) is 4.29. The summed E-state index contributed by atoms with van der Waals surface area (Å²) >= 11 is 1.10. The molecule has 0 aromatic rings. The summed E-state index contributed by atoms with van der Waals surface area (Å²) < 4.78 is 0. The van der Waals surface area contributed by atoms with Gasteiger partial charge >= 0.3 is 12.0 Å². The van der Waals surface area contributed by atoms with E-state index in [0.717, 1.165) is 11.8 Å². The van der Waals surface area contributed by atoms with E-state index in [1.807, 2.05) is 13.8 Å². The Balaban J connectivity index is 2.36. The van der Waals surface area contributed by atoms with E-state index in [1.54, 1.807) is 14.7 Å². The number of thioether (sulfide) groups is 1. The zero-order valence-corrected chi connectivity index (χ0v) is 13.4. The summed E-state index contributed by atoms with van der Waals surface area (Å²) in [6.45, 7) is 7.34. The molecule has 8 heteroatoms. The fourth-order valence-electron chi connectivity index (χ4n) is 2.16. The third kappa shape index (κ3) is 5.45. The minimum Gasteiger partial charge on any atom is -0.481 e. The molecule has 3 amide bonds. The zero-order valence-electron chi connectivity index (χ0n) is 12.6. The SMILES string of the molecule is CCN(CC)C(=O)N1CCN(C(=O)CSCC(=O)O)CC1. The summed E-state index contributed by atoms with van der Waals surface area (Å²) in [6.07, 6.45) is 0. The summed E-state index contributed by atoms with van der Waals surface area (Å²) in [6, 6.07) is 0.0207. The molecule has 1 rings (SSSR count). The number of aliphatic carboxylic acids is 1. The number of hydrogen-bond acceptors (Lipinski definition) is 4. The van der Waals surface area contributed by atoms with Gasteiger partial charge in [-0.2, -0.15) is 0 Å². The van der Waals surface area contributed by atoms with E-state index in [-0.39, 0.29) is 23.4 Å². The van der Waals surface area contributed by atoms with Crippen LogP contribution in [0.25, 0.3) is 0 Å². The molecule has 7 nitrogen and oxygen atoms in total. The first-order chi connectivity index (χ1) is 9.99. The lowest BCUT2D eigenvalue weighted by atomic mass is 10.3. The molecule has 1 aliphatic heterocycles. The van der Waals surface area contributed by atoms with Gasteiger partial charge in [-0.25, -0.2) is 4.79 Å². The molecule has 0 radical (unpaired) electrons. The Kier molecular flexibility index (Phi) is 7.35. The number of hydrogen-bond donors (Lipinski definition) is 1. The number of amides is 3. The van der Waals surface area contributed by atoms with Crippen molar-refractivity contribution >= 4 is 29.7 Å². The Morgan fingerprint density at radius 3 is 2.00 bits per heavy atom. The predicted octanol–water partition coefficient (Wildman–Crippen LogP) is 0.410. The van der Waals surface area contributed by atoms with Crippen LogP contribution in [0.5, 0.6) is 0 Å². The molecular weight excluding hydrogens is 294 g/mol. The average Bonchev–Trinajstić information content (AvgIpc) is 2.48. The van der Waals surface area contributed by atoms with Gasteiger partial charge in [0, 0.05) is 39.3 Å². The van der Waals surface area contributed by atoms with Crippen molar-refractivity contribution in [2.45, 2.75) is 13.8 Å². The van der Waals surface area contributed by atoms with Crippen LogP contribution in [0.1, 0.15) is 13.8 Å². The minimum atomic E-state index is -0.914. The van der Waals surface area contributed by atoms with Gasteiger partial charge in [0.25, 0.3) is 0 Å². The maximum atomic E-state index is 12.2. The number of piperazine rings is 1. The molecule has 0 bridgehead atoms. The highest BCUT2D eigenvalue weighted by atomic mass is 32.2. The van der Waals surface area contributed by atoms with E-state index < -0.39 is 5.97 Å². The second kappa shape index (κ2) is 8.76. The molecule has 0 aromatic heterocycles. The van der Waals surface area contributed by atoms with Crippen molar-refractivity contribution in [3.05, 3.63) is 0 Å². The number of urea groups is 1. The maximum absolute atomic E-state index is 12.2. The van der Waals surface area contributed by atoms with E-state index in [1.165, 1.54) is 0 Å². The van der Waals surface area contributed by atoms with Crippen LogP contribution in [0.15, 0.2) is 0 Å². The molecule has 0 unspecified atom stereocenters. The van der Waals surface area contributed by atoms with Gasteiger partial charge < -0.3 is 19.8 Å². The summed E-state index contributed by atoms with van der Waals surface area (Å²) in [5.74, 6) is -0.860. The van der Waals surface area contributed by atoms with Crippen molar-refractivity contribution in [3.8, 4) is 0 Å². The van der Waals surface area contributed by atoms with Crippen molar-refractivity contribution in [1.29, 1.82) is 0 Å². The molecule has 0 aliphatic carbocycles. The number of carbonyl (C=O) groups is 3. The molecule has 1 N–H and O–H groups in total. The third-order valence-electron chi connectivity index (χ3n) is 3.39. The van der Waals surface area contributed by atoms with E-state index >= 15 is 0 Å². The Hall–Kier alpha value is -1.44. The normalized spacial score (nSPS) is 15.0. The molecule has 1 fully saturated rings. The molecule has 1 heterocycles. The number of carbonyl (C=O) groups excluding carboxylic acids is 2. The van der Waals surface area contributed by atoms with Crippen molar-refractivity contribution in [1.82, 2.24) is 14.7 Å². The van der Waals surface area contributed by atoms with E-state index in [4.69, 9.17) is 5.11 Å². The first-order valence-electron chi connectivity index (χ1n) is 7.10. The van der Waals surface area contributed by atoms with Gasteiger partial charge in [0.2, 0.25) is 5.91 Å². The summed E-state index contributed by atoms with van der Waals surface area (Å²) in [4.78, 5) is 39.7. The minimum absolute atomic E-state index is 0.0207. The highest BCUT2D eigenvalue weighted by molar-refractivity contribution is 8.00. The number of carboxylic acids is 1. The molecule has 0 spiro atoms. The molecule has 120 valence electrons. The number of rotatable bonds is 6. The van der Waals surface area contributed by atoms with Gasteiger partial charge in [0.1, 0.15) is 0 Å². The van der Waals surface area contributed by atoms with Crippen molar-refractivity contribution in [3.63, 3.8) is 0 Å². The van der Waals surface area contributed by atoms with E-state index in [9.17, 15) is 14.4 Å². The number of nitrogens with zero attached hydrogens (tertiary/aromatic N) is 3. The van der Waals surface area contributed by atoms with E-state index in [2.05, 4.69) is 0 Å². The van der Waals surface area contributed by atoms with Crippen LogP contribution in [-0.4, -0.2) is 88.5 Å². The van der Waals surface area contributed by atoms with Crippen LogP contribution in [0.3, 0.4) is 0 Å². The maximum Gasteiger partial charge on any atom is 0.320 e. The standard InChI is InChI=1S/C13H23N3O4S/c1-3-14(4-2)13(20)16-7-5-15(6-8-16)11(17)9-21-10-12(18)19/h3-10H2,1-2H3,(H,18,19).